The molecule has 0 amide bonds. The molecule has 2 rings (SSSR count). The molecule has 0 fully saturated rings. The fourth-order valence-corrected chi connectivity index (χ4v) is 2.27. The molecule has 6 nitrogen and oxygen atoms in total. The molecule has 2 aromatic heterocycles. The van der Waals surface area contributed by atoms with E-state index in [1.165, 1.54) is 18.1 Å². The molecular weight excluding hydrogens is 264 g/mol. The van der Waals surface area contributed by atoms with E-state index in [0.29, 0.717) is 10.2 Å². The molecule has 2 heterocycles. The maximum atomic E-state index is 11.1. The number of aromatic carboxylic acids is 1. The topological polar surface area (TPSA) is 80.9 Å². The summed E-state index contributed by atoms with van der Waals surface area (Å²) in [7, 11) is 1.78. The van der Waals surface area contributed by atoms with Crippen LogP contribution in [-0.4, -0.2) is 30.8 Å². The van der Waals surface area contributed by atoms with E-state index in [1.54, 1.807) is 23.9 Å². The molecule has 0 unspecified atom stereocenters. The molecule has 0 aliphatic heterocycles. The van der Waals surface area contributed by atoms with Gasteiger partial charge < -0.3 is 5.11 Å². The average molecular weight is 278 g/mol. The van der Waals surface area contributed by atoms with Crippen LogP contribution in [0.5, 0.6) is 0 Å². The number of hydrogen-bond acceptors (Lipinski definition) is 5. The van der Waals surface area contributed by atoms with Crippen molar-refractivity contribution in [1.29, 1.82) is 0 Å². The number of carboxylic acid groups (broad SMARTS) is 1. The first-order valence-electron chi connectivity index (χ1n) is 5.74. The molecule has 0 radical (unpaired) electrons. The standard InChI is InChI=1S/C12H14N4O2S/c1-7(2)9-4-8(11(17)18)5-10(15-9)19-12-13-6-14-16(12)3/h4-7H,1-3H3,(H,17,18). The van der Waals surface area contributed by atoms with Crippen molar-refractivity contribution in [2.24, 2.45) is 7.05 Å². The molecule has 0 atom stereocenters. The van der Waals surface area contributed by atoms with Crippen LogP contribution in [0, 0.1) is 0 Å². The van der Waals surface area contributed by atoms with Crippen molar-refractivity contribution in [3.05, 3.63) is 29.7 Å². The zero-order valence-corrected chi connectivity index (χ0v) is 11.7. The van der Waals surface area contributed by atoms with E-state index < -0.39 is 5.97 Å². The highest BCUT2D eigenvalue weighted by Gasteiger charge is 2.13. The van der Waals surface area contributed by atoms with Crippen molar-refractivity contribution >= 4 is 17.7 Å². The molecule has 2 aromatic rings. The first kappa shape index (κ1) is 13.5. The van der Waals surface area contributed by atoms with Crippen molar-refractivity contribution in [3.8, 4) is 0 Å². The largest absolute Gasteiger partial charge is 0.478 e. The molecule has 0 spiro atoms. The predicted octanol–water partition coefficient (Wildman–Crippen LogP) is 2.18. The quantitative estimate of drug-likeness (QED) is 0.923. The number of rotatable bonds is 4. The molecular formula is C12H14N4O2S. The first-order chi connectivity index (χ1) is 8.97. The molecule has 19 heavy (non-hydrogen) atoms. The summed E-state index contributed by atoms with van der Waals surface area (Å²) < 4.78 is 1.62. The lowest BCUT2D eigenvalue weighted by Crippen LogP contribution is -2.03. The van der Waals surface area contributed by atoms with Gasteiger partial charge in [0.05, 0.1) is 5.56 Å². The van der Waals surface area contributed by atoms with E-state index in [9.17, 15) is 4.79 Å². The molecule has 1 N–H and O–H groups in total. The molecule has 0 aromatic carbocycles. The lowest BCUT2D eigenvalue weighted by atomic mass is 10.1. The van der Waals surface area contributed by atoms with E-state index in [1.807, 2.05) is 13.8 Å². The van der Waals surface area contributed by atoms with Crippen LogP contribution in [0.4, 0.5) is 0 Å². The molecule has 0 saturated heterocycles. The fraction of sp³-hybridized carbons (Fsp3) is 0.333. The third-order valence-corrected chi connectivity index (χ3v) is 3.50. The van der Waals surface area contributed by atoms with Crippen LogP contribution in [0.1, 0.15) is 35.8 Å². The second kappa shape index (κ2) is 5.40. The highest BCUT2D eigenvalue weighted by atomic mass is 32.2. The van der Waals surface area contributed by atoms with Crippen LogP contribution >= 0.6 is 11.8 Å². The van der Waals surface area contributed by atoms with Gasteiger partial charge in [-0.05, 0) is 29.8 Å². The maximum Gasteiger partial charge on any atom is 0.335 e. The lowest BCUT2D eigenvalue weighted by Gasteiger charge is -2.08. The Balaban J connectivity index is 2.39. The van der Waals surface area contributed by atoms with Crippen LogP contribution in [0.25, 0.3) is 0 Å². The van der Waals surface area contributed by atoms with E-state index in [2.05, 4.69) is 15.1 Å². The Morgan fingerprint density at radius 3 is 2.68 bits per heavy atom. The normalized spacial score (nSPS) is 10.9. The molecule has 0 bridgehead atoms. The number of pyridine rings is 1. The molecule has 0 saturated carbocycles. The van der Waals surface area contributed by atoms with Crippen LogP contribution in [0.3, 0.4) is 0 Å². The highest BCUT2D eigenvalue weighted by molar-refractivity contribution is 7.99. The van der Waals surface area contributed by atoms with Gasteiger partial charge in [0.15, 0.2) is 5.16 Å². The number of carboxylic acids is 1. The minimum Gasteiger partial charge on any atom is -0.478 e. The van der Waals surface area contributed by atoms with Gasteiger partial charge in [0.1, 0.15) is 11.4 Å². The van der Waals surface area contributed by atoms with Gasteiger partial charge in [-0.3, -0.25) is 0 Å². The smallest absolute Gasteiger partial charge is 0.335 e. The van der Waals surface area contributed by atoms with Crippen LogP contribution in [0.15, 0.2) is 28.6 Å². The maximum absolute atomic E-state index is 11.1. The highest BCUT2D eigenvalue weighted by Crippen LogP contribution is 2.26. The SMILES string of the molecule is CC(C)c1cc(C(=O)O)cc(Sc2ncnn2C)n1. The third-order valence-electron chi connectivity index (χ3n) is 2.53. The number of nitrogens with zero attached hydrogens (tertiary/aromatic N) is 4. The second-order valence-electron chi connectivity index (χ2n) is 4.35. The van der Waals surface area contributed by atoms with E-state index in [-0.39, 0.29) is 11.5 Å². The lowest BCUT2D eigenvalue weighted by molar-refractivity contribution is 0.0696. The van der Waals surface area contributed by atoms with Gasteiger partial charge in [-0.2, -0.15) is 5.10 Å². The minimum absolute atomic E-state index is 0.165. The summed E-state index contributed by atoms with van der Waals surface area (Å²) in [6.45, 7) is 3.95. The zero-order valence-electron chi connectivity index (χ0n) is 10.9. The predicted molar refractivity (Wildman–Crippen MR) is 70.4 cm³/mol. The van der Waals surface area contributed by atoms with Crippen LogP contribution < -0.4 is 0 Å². The Morgan fingerprint density at radius 2 is 2.16 bits per heavy atom. The van der Waals surface area contributed by atoms with E-state index in [0.717, 1.165) is 5.69 Å². The summed E-state index contributed by atoms with van der Waals surface area (Å²) >= 11 is 1.30. The Kier molecular flexibility index (Phi) is 3.84. The Morgan fingerprint density at radius 1 is 1.42 bits per heavy atom. The summed E-state index contributed by atoms with van der Waals surface area (Å²) in [5, 5.41) is 14.4. The average Bonchev–Trinajstić information content (AvgIpc) is 2.74. The Bertz CT molecular complexity index is 610. The molecule has 0 aliphatic carbocycles. The molecule has 0 aliphatic rings. The van der Waals surface area contributed by atoms with Crippen molar-refractivity contribution in [2.75, 3.05) is 0 Å². The fourth-order valence-electron chi connectivity index (χ4n) is 1.47. The van der Waals surface area contributed by atoms with Gasteiger partial charge >= 0.3 is 5.97 Å². The van der Waals surface area contributed by atoms with Gasteiger partial charge in [0, 0.05) is 12.7 Å². The second-order valence-corrected chi connectivity index (χ2v) is 5.33. The molecule has 100 valence electrons. The van der Waals surface area contributed by atoms with Crippen molar-refractivity contribution < 1.29 is 9.90 Å². The Labute approximate surface area is 114 Å². The summed E-state index contributed by atoms with van der Waals surface area (Å²) in [6.07, 6.45) is 1.45. The summed E-state index contributed by atoms with van der Waals surface area (Å²) in [6, 6.07) is 3.15. The monoisotopic (exact) mass is 278 g/mol. The van der Waals surface area contributed by atoms with Crippen molar-refractivity contribution in [3.63, 3.8) is 0 Å². The van der Waals surface area contributed by atoms with Gasteiger partial charge in [-0.1, -0.05) is 13.8 Å². The summed E-state index contributed by atoms with van der Waals surface area (Å²) in [5.74, 6) is -0.790. The number of aromatic nitrogens is 4. The van der Waals surface area contributed by atoms with Crippen molar-refractivity contribution in [2.45, 2.75) is 29.9 Å². The van der Waals surface area contributed by atoms with Gasteiger partial charge in [-0.25, -0.2) is 19.4 Å². The van der Waals surface area contributed by atoms with Gasteiger partial charge in [-0.15, -0.1) is 0 Å². The summed E-state index contributed by atoms with van der Waals surface area (Å²) in [5.41, 5.74) is 0.993. The van der Waals surface area contributed by atoms with Gasteiger partial charge in [0.2, 0.25) is 0 Å². The first-order valence-corrected chi connectivity index (χ1v) is 6.56. The van der Waals surface area contributed by atoms with Crippen LogP contribution in [-0.2, 0) is 7.05 Å². The van der Waals surface area contributed by atoms with E-state index >= 15 is 0 Å². The third kappa shape index (κ3) is 3.11. The number of hydrogen-bond donors (Lipinski definition) is 1. The van der Waals surface area contributed by atoms with Crippen LogP contribution in [0.2, 0.25) is 0 Å². The van der Waals surface area contributed by atoms with Crippen molar-refractivity contribution in [1.82, 2.24) is 19.7 Å². The molecule has 7 heteroatoms. The zero-order chi connectivity index (χ0) is 14.0. The minimum atomic E-state index is -0.955. The Hall–Kier alpha value is -1.89. The number of carbonyl (C=O) groups is 1. The number of aryl methyl sites for hydroxylation is 1. The van der Waals surface area contributed by atoms with E-state index in [4.69, 9.17) is 5.11 Å². The summed E-state index contributed by atoms with van der Waals surface area (Å²) in [4.78, 5) is 19.7. The van der Waals surface area contributed by atoms with Gasteiger partial charge in [0.25, 0.3) is 0 Å².